The summed E-state index contributed by atoms with van der Waals surface area (Å²) in [6, 6.07) is 17.2. The number of nitro groups is 1. The molecule has 0 radical (unpaired) electrons. The minimum atomic E-state index is -3.88. The van der Waals surface area contributed by atoms with Crippen molar-refractivity contribution in [3.05, 3.63) is 107 Å². The normalized spacial score (nSPS) is 11.8. The van der Waals surface area contributed by atoms with Gasteiger partial charge in [0.25, 0.3) is 5.69 Å². The zero-order valence-corrected chi connectivity index (χ0v) is 51.8. The lowest BCUT2D eigenvalue weighted by molar-refractivity contribution is -0.384. The van der Waals surface area contributed by atoms with Gasteiger partial charge in [0.05, 0.1) is 78.5 Å². The number of aryl methyl sites for hydroxylation is 2. The van der Waals surface area contributed by atoms with E-state index in [2.05, 4.69) is 30.4 Å². The molecule has 0 aliphatic carbocycles. The van der Waals surface area contributed by atoms with E-state index >= 15 is 0 Å². The van der Waals surface area contributed by atoms with E-state index in [0.29, 0.717) is 115 Å². The van der Waals surface area contributed by atoms with Gasteiger partial charge in [-0.1, -0.05) is 0 Å². The second-order valence-corrected chi connectivity index (χ2v) is 24.6. The monoisotopic (exact) mass is 1190 g/mol. The molecule has 0 saturated carbocycles. The van der Waals surface area contributed by atoms with Crippen LogP contribution in [0.1, 0.15) is 11.1 Å². The van der Waals surface area contributed by atoms with Crippen molar-refractivity contribution in [2.24, 2.45) is 0 Å². The number of hydrogen-bond donors (Lipinski definition) is 3. The number of aromatic nitrogens is 6. The zero-order valence-electron chi connectivity index (χ0n) is 50.2. The first-order valence-corrected chi connectivity index (χ1v) is 29.0. The topological polar surface area (TPSA) is 279 Å². The largest absolute Gasteiger partial charge is 0.497 e. The van der Waals surface area contributed by atoms with E-state index in [1.54, 1.807) is 80.1 Å². The number of nitro benzene ring substituents is 1. The Hall–Kier alpha value is -8.54. The lowest BCUT2D eigenvalue weighted by atomic mass is 10.1. The quantitative estimate of drug-likeness (QED) is 0.0326. The molecular weight excluding hydrogens is 1120 g/mol. The molecule has 4 aromatic heterocycles. The van der Waals surface area contributed by atoms with Gasteiger partial charge >= 0.3 is 20.4 Å². The van der Waals surface area contributed by atoms with Crippen molar-refractivity contribution >= 4 is 88.2 Å². The predicted molar refractivity (Wildman–Crippen MR) is 332 cm³/mol. The van der Waals surface area contributed by atoms with Gasteiger partial charge in [-0.25, -0.2) is 27.9 Å². The van der Waals surface area contributed by atoms with Crippen molar-refractivity contribution in [3.8, 4) is 45.5 Å². The lowest BCUT2D eigenvalue weighted by Crippen LogP contribution is -2.29. The van der Waals surface area contributed by atoms with Crippen molar-refractivity contribution in [2.45, 2.75) is 13.8 Å². The zero-order chi connectivity index (χ0) is 61.7. The van der Waals surface area contributed by atoms with Crippen LogP contribution in [0.4, 0.5) is 46.0 Å². The Morgan fingerprint density at radius 2 is 0.976 bits per heavy atom. The maximum Gasteiger partial charge on any atom is 0.307 e. The molecule has 0 aliphatic rings. The summed E-state index contributed by atoms with van der Waals surface area (Å²) in [6.45, 7) is 6.63. The van der Waals surface area contributed by atoms with Crippen LogP contribution in [0.3, 0.4) is 0 Å². The van der Waals surface area contributed by atoms with Gasteiger partial charge in [0, 0.05) is 145 Å². The Morgan fingerprint density at radius 3 is 1.36 bits per heavy atom. The van der Waals surface area contributed by atoms with E-state index in [1.807, 2.05) is 66.1 Å². The number of hydrogen-bond acceptors (Lipinski definition) is 21. The van der Waals surface area contributed by atoms with Gasteiger partial charge in [-0.15, -0.1) is 0 Å². The average Bonchev–Trinajstić information content (AvgIpc) is 2.04. The van der Waals surface area contributed by atoms with Gasteiger partial charge in [-0.05, 0) is 83.5 Å². The first-order valence-electron chi connectivity index (χ1n) is 26.2. The Kier molecular flexibility index (Phi) is 19.5. The maximum atomic E-state index is 13.2. The maximum absolute atomic E-state index is 13.2. The SMILES string of the molecule is COc1ccc2c(-c3nc(Nc4cc(N)c(N(C)CCN(C)C)cc4OC)ncc3C)cn(S(=O)(=O)N(C)C)c2c1.COc1ccc2c(-c3nc(Nc4cc([N+](=O)[O-])c(N(C)CCN(C)C)cc4OC)ncc3C)cn(S(=O)(=O)N(C)C)c2c1. The molecule has 26 nitrogen and oxygen atoms in total. The highest BCUT2D eigenvalue weighted by Gasteiger charge is 2.27. The molecule has 8 rings (SSSR count). The van der Waals surface area contributed by atoms with E-state index < -0.39 is 25.3 Å². The summed E-state index contributed by atoms with van der Waals surface area (Å²) in [5, 5.41) is 19.7. The number of benzene rings is 4. The Morgan fingerprint density at radius 1 is 0.571 bits per heavy atom. The Balaban J connectivity index is 0.000000241. The van der Waals surface area contributed by atoms with E-state index in [1.165, 1.54) is 69.7 Å². The second-order valence-electron chi connectivity index (χ2n) is 20.6. The molecule has 0 saturated heterocycles. The van der Waals surface area contributed by atoms with Crippen LogP contribution < -0.4 is 45.1 Å². The van der Waals surface area contributed by atoms with E-state index in [4.69, 9.17) is 34.6 Å². The first kappa shape index (κ1) is 63.0. The van der Waals surface area contributed by atoms with Crippen LogP contribution in [0.15, 0.2) is 85.5 Å². The van der Waals surface area contributed by atoms with Crippen molar-refractivity contribution in [1.82, 2.24) is 46.3 Å². The number of likely N-dealkylation sites (N-methyl/N-ethyl adjacent to an activating group) is 4. The molecular formula is C56H74N16O10S2. The average molecular weight is 1200 g/mol. The first-order chi connectivity index (χ1) is 39.6. The summed E-state index contributed by atoms with van der Waals surface area (Å²) in [6.07, 6.45) is 6.39. The predicted octanol–water partition coefficient (Wildman–Crippen LogP) is 7.13. The van der Waals surface area contributed by atoms with Crippen LogP contribution in [0.2, 0.25) is 0 Å². The molecule has 0 aliphatic heterocycles. The lowest BCUT2D eigenvalue weighted by Gasteiger charge is -2.24. The third-order valence-corrected chi connectivity index (χ3v) is 17.2. The molecule has 84 heavy (non-hydrogen) atoms. The number of ether oxygens (including phenoxy) is 4. The van der Waals surface area contributed by atoms with Gasteiger partial charge in [0.2, 0.25) is 11.9 Å². The van der Waals surface area contributed by atoms with Crippen LogP contribution in [0.25, 0.3) is 44.3 Å². The van der Waals surface area contributed by atoms with Crippen molar-refractivity contribution in [1.29, 1.82) is 0 Å². The summed E-state index contributed by atoms with van der Waals surface area (Å²) in [5.41, 5.74) is 13.7. The molecule has 0 unspecified atom stereocenters. The van der Waals surface area contributed by atoms with Crippen molar-refractivity contribution < 1.29 is 40.7 Å². The van der Waals surface area contributed by atoms with Crippen LogP contribution in [-0.4, -0.2) is 193 Å². The molecule has 0 spiro atoms. The third-order valence-electron chi connectivity index (χ3n) is 13.8. The highest BCUT2D eigenvalue weighted by molar-refractivity contribution is 7.88. The smallest absolute Gasteiger partial charge is 0.307 e. The molecule has 4 aromatic carbocycles. The number of nitrogens with two attached hydrogens (primary N) is 1. The summed E-state index contributed by atoms with van der Waals surface area (Å²) < 4.78 is 79.5. The Labute approximate surface area is 490 Å². The van der Waals surface area contributed by atoms with E-state index in [-0.39, 0.29) is 11.6 Å². The molecule has 0 atom stereocenters. The van der Waals surface area contributed by atoms with Gasteiger partial charge in [-0.2, -0.15) is 25.4 Å². The van der Waals surface area contributed by atoms with Crippen LogP contribution in [0, 0.1) is 24.0 Å². The van der Waals surface area contributed by atoms with E-state index in [0.717, 1.165) is 33.0 Å². The number of nitrogen functional groups attached to an aromatic ring is 1. The van der Waals surface area contributed by atoms with E-state index in [9.17, 15) is 26.9 Å². The molecule has 0 bridgehead atoms. The number of nitrogens with one attached hydrogen (secondary N) is 2. The van der Waals surface area contributed by atoms with Gasteiger partial charge in [-0.3, -0.25) is 10.1 Å². The molecule has 450 valence electrons. The summed E-state index contributed by atoms with van der Waals surface area (Å²) >= 11 is 0. The standard InChI is InChI=1S/C28H36N8O6S.C28H38N8O4S/c1-18-16-29-28(30-22-14-25(36(37)38)24(15-26(22)42-8)34(6)12-11-32(2)3)31-27(18)21-17-35(43(39,40)33(4)5)23-13-19(41-7)9-10-20(21)23;1-18-16-30-28(31-23-14-22(29)25(15-26(23)40-8)35(6)12-11-33(2)3)32-27(18)21-17-36(41(37,38)34(4)5)24-13-19(39-7)9-10-20(21)24/h9-10,13-17H,11-12H2,1-8H3,(H,29,30,31);9-10,13-17H,11-12,29H2,1-8H3,(H,30,31,32). The molecule has 4 N–H and O–H groups in total. The molecule has 0 amide bonds. The van der Waals surface area contributed by atoms with Crippen molar-refractivity contribution in [2.75, 3.05) is 151 Å². The summed E-state index contributed by atoms with van der Waals surface area (Å²) in [4.78, 5) is 38.0. The fourth-order valence-electron chi connectivity index (χ4n) is 8.91. The minimum Gasteiger partial charge on any atom is -0.497 e. The van der Waals surface area contributed by atoms with Gasteiger partial charge in [0.1, 0.15) is 28.7 Å². The number of fused-ring (bicyclic) bond motifs is 2. The number of anilines is 7. The third kappa shape index (κ3) is 13.4. The summed E-state index contributed by atoms with van der Waals surface area (Å²) in [5.74, 6) is 2.44. The van der Waals surface area contributed by atoms with Crippen LogP contribution in [0.5, 0.6) is 23.0 Å². The van der Waals surface area contributed by atoms with Crippen molar-refractivity contribution in [3.63, 3.8) is 0 Å². The summed E-state index contributed by atoms with van der Waals surface area (Å²) in [7, 11) is 16.0. The number of rotatable bonds is 23. The highest BCUT2D eigenvalue weighted by Crippen LogP contribution is 2.42. The molecule has 8 aromatic rings. The number of methoxy groups -OCH3 is 4. The highest BCUT2D eigenvalue weighted by atomic mass is 32.2. The van der Waals surface area contributed by atoms with Crippen LogP contribution >= 0.6 is 0 Å². The minimum absolute atomic E-state index is 0.109. The number of nitrogens with zero attached hydrogens (tertiary/aromatic N) is 13. The van der Waals surface area contributed by atoms with Gasteiger partial charge < -0.3 is 54.9 Å². The molecule has 28 heteroatoms. The fraction of sp³-hybridized carbons (Fsp3) is 0.357. The fourth-order valence-corrected chi connectivity index (χ4v) is 10.9. The van der Waals surface area contributed by atoms with Crippen LogP contribution in [-0.2, 0) is 20.4 Å². The Bertz CT molecular complexity index is 3940. The second kappa shape index (κ2) is 25.9. The molecule has 4 heterocycles. The molecule has 0 fully saturated rings. The van der Waals surface area contributed by atoms with Gasteiger partial charge in [0.15, 0.2) is 0 Å².